The lowest BCUT2D eigenvalue weighted by Crippen LogP contribution is -2.01. The number of aliphatic imine (C=N–C) groups is 2. The van der Waals surface area contributed by atoms with Crippen LogP contribution in [0.25, 0.3) is 27.6 Å². The second kappa shape index (κ2) is 8.46. The Kier molecular flexibility index (Phi) is 5.59. The summed E-state index contributed by atoms with van der Waals surface area (Å²) in [5, 5.41) is 2.53. The third-order valence-corrected chi connectivity index (χ3v) is 4.68. The van der Waals surface area contributed by atoms with Gasteiger partial charge in [0, 0.05) is 10.8 Å². The van der Waals surface area contributed by atoms with Gasteiger partial charge in [-0.1, -0.05) is 85.3 Å². The van der Waals surface area contributed by atoms with Crippen LogP contribution in [-0.4, -0.2) is 11.0 Å². The van der Waals surface area contributed by atoms with Gasteiger partial charge in [-0.2, -0.15) is 0 Å². The number of nitrogens with zero attached hydrogens (tertiary/aromatic N) is 2. The van der Waals surface area contributed by atoms with Gasteiger partial charge in [0.2, 0.25) is 0 Å². The van der Waals surface area contributed by atoms with Crippen molar-refractivity contribution in [3.8, 4) is 0 Å². The van der Waals surface area contributed by atoms with Gasteiger partial charge in [0.15, 0.2) is 5.84 Å². The molecule has 4 rings (SSSR count). The molecule has 3 nitrogen and oxygen atoms in total. The SMILES string of the molecule is CC/C=C(/N=C(N=C(C)Cl)c1cccc2c1oc1ccccc12)c1ccccc1. The predicted octanol–water partition coefficient (Wildman–Crippen LogP) is 7.44. The first-order valence-electron chi connectivity index (χ1n) is 9.63. The highest BCUT2D eigenvalue weighted by molar-refractivity contribution is 6.65. The Morgan fingerprint density at radius 2 is 1.62 bits per heavy atom. The molecule has 0 aliphatic carbocycles. The fraction of sp³-hybridized carbons (Fsp3) is 0.120. The molecule has 29 heavy (non-hydrogen) atoms. The van der Waals surface area contributed by atoms with Crippen molar-refractivity contribution in [3.63, 3.8) is 0 Å². The Labute approximate surface area is 175 Å². The quantitative estimate of drug-likeness (QED) is 0.259. The Bertz CT molecular complexity index is 1250. The van der Waals surface area contributed by atoms with Crippen molar-refractivity contribution in [1.29, 1.82) is 0 Å². The summed E-state index contributed by atoms with van der Waals surface area (Å²) in [6.07, 6.45) is 2.95. The number of halogens is 1. The minimum absolute atomic E-state index is 0.417. The minimum Gasteiger partial charge on any atom is -0.455 e. The molecule has 0 amide bonds. The summed E-state index contributed by atoms with van der Waals surface area (Å²) in [6.45, 7) is 3.84. The van der Waals surface area contributed by atoms with E-state index >= 15 is 0 Å². The summed E-state index contributed by atoms with van der Waals surface area (Å²) in [5.74, 6) is 0.533. The van der Waals surface area contributed by atoms with Gasteiger partial charge in [0.25, 0.3) is 0 Å². The van der Waals surface area contributed by atoms with Crippen molar-refractivity contribution in [2.45, 2.75) is 20.3 Å². The third kappa shape index (κ3) is 4.01. The van der Waals surface area contributed by atoms with E-state index in [-0.39, 0.29) is 0 Å². The molecule has 0 N–H and O–H groups in total. The van der Waals surface area contributed by atoms with E-state index in [1.54, 1.807) is 6.92 Å². The molecule has 0 aliphatic rings. The van der Waals surface area contributed by atoms with E-state index in [9.17, 15) is 0 Å². The van der Waals surface area contributed by atoms with Crippen LogP contribution >= 0.6 is 11.6 Å². The van der Waals surface area contributed by atoms with E-state index in [1.165, 1.54) is 0 Å². The lowest BCUT2D eigenvalue weighted by atomic mass is 10.1. The first kappa shape index (κ1) is 19.2. The maximum Gasteiger partial charge on any atom is 0.164 e. The molecule has 3 aromatic carbocycles. The van der Waals surface area contributed by atoms with E-state index in [1.807, 2.05) is 60.7 Å². The molecule has 0 spiro atoms. The smallest absolute Gasteiger partial charge is 0.164 e. The van der Waals surface area contributed by atoms with Gasteiger partial charge in [-0.15, -0.1) is 0 Å². The van der Waals surface area contributed by atoms with Crippen LogP contribution in [0.15, 0.2) is 93.3 Å². The van der Waals surface area contributed by atoms with Crippen molar-refractivity contribution in [2.24, 2.45) is 9.98 Å². The summed E-state index contributed by atoms with van der Waals surface area (Å²) in [6, 6.07) is 24.1. The number of hydrogen-bond acceptors (Lipinski definition) is 2. The zero-order valence-corrected chi connectivity index (χ0v) is 17.1. The predicted molar refractivity (Wildman–Crippen MR) is 124 cm³/mol. The van der Waals surface area contributed by atoms with Crippen molar-refractivity contribution >= 4 is 50.2 Å². The molecule has 4 aromatic rings. The van der Waals surface area contributed by atoms with Crippen LogP contribution in [0.3, 0.4) is 0 Å². The van der Waals surface area contributed by atoms with E-state index in [0.717, 1.165) is 45.2 Å². The molecule has 4 heteroatoms. The number of allylic oxidation sites excluding steroid dienone is 1. The van der Waals surface area contributed by atoms with Gasteiger partial charge in [-0.3, -0.25) is 0 Å². The summed E-state index contributed by atoms with van der Waals surface area (Å²) in [5.41, 5.74) is 4.31. The van der Waals surface area contributed by atoms with Gasteiger partial charge in [-0.05, 0) is 31.0 Å². The monoisotopic (exact) mass is 400 g/mol. The lowest BCUT2D eigenvalue weighted by molar-refractivity contribution is 0.668. The molecule has 0 unspecified atom stereocenters. The summed E-state index contributed by atoms with van der Waals surface area (Å²) in [7, 11) is 0. The van der Waals surface area contributed by atoms with E-state index in [2.05, 4.69) is 30.1 Å². The number of benzene rings is 3. The normalized spacial score (nSPS) is 13.4. The van der Waals surface area contributed by atoms with Crippen LogP contribution in [0, 0.1) is 0 Å². The van der Waals surface area contributed by atoms with Gasteiger partial charge in [0.1, 0.15) is 16.3 Å². The number of para-hydroxylation sites is 2. The molecule has 144 valence electrons. The maximum absolute atomic E-state index is 6.18. The van der Waals surface area contributed by atoms with Crippen molar-refractivity contribution in [3.05, 3.63) is 90.0 Å². The first-order valence-corrected chi connectivity index (χ1v) is 10.0. The largest absolute Gasteiger partial charge is 0.455 e. The van der Waals surface area contributed by atoms with Crippen LogP contribution in [0.1, 0.15) is 31.4 Å². The number of furan rings is 1. The van der Waals surface area contributed by atoms with Crippen LogP contribution in [0.2, 0.25) is 0 Å². The zero-order chi connectivity index (χ0) is 20.2. The third-order valence-electron chi connectivity index (χ3n) is 4.60. The molecule has 0 aliphatic heterocycles. The Morgan fingerprint density at radius 3 is 2.38 bits per heavy atom. The number of hydrogen-bond donors (Lipinski definition) is 0. The maximum atomic E-state index is 6.18. The molecule has 0 fully saturated rings. The topological polar surface area (TPSA) is 37.9 Å². The van der Waals surface area contributed by atoms with E-state index < -0.39 is 0 Å². The van der Waals surface area contributed by atoms with Gasteiger partial charge in [-0.25, -0.2) is 9.98 Å². The standard InChI is InChI=1S/C25H21ClN2O/c1-3-10-22(18-11-5-4-6-12-18)28-25(27-17(2)26)21-15-9-14-20-19-13-7-8-16-23(19)29-24(20)21/h4-16H,3H2,1-2H3/b22-10+,27-17?,28-25?. The zero-order valence-electron chi connectivity index (χ0n) is 16.4. The second-order valence-corrected chi connectivity index (χ2v) is 7.24. The molecule has 1 aromatic heterocycles. The molecule has 0 bridgehead atoms. The summed E-state index contributed by atoms with van der Waals surface area (Å²) >= 11 is 6.18. The first-order chi connectivity index (χ1) is 14.2. The van der Waals surface area contributed by atoms with Crippen LogP contribution in [0.5, 0.6) is 0 Å². The van der Waals surface area contributed by atoms with E-state index in [0.29, 0.717) is 11.0 Å². The summed E-state index contributed by atoms with van der Waals surface area (Å²) in [4.78, 5) is 9.46. The average Bonchev–Trinajstić information content (AvgIpc) is 3.12. The molecule has 0 atom stereocenters. The highest BCUT2D eigenvalue weighted by atomic mass is 35.5. The van der Waals surface area contributed by atoms with Gasteiger partial charge < -0.3 is 4.42 Å². The molecule has 1 heterocycles. The Morgan fingerprint density at radius 1 is 0.897 bits per heavy atom. The number of fused-ring (bicyclic) bond motifs is 3. The fourth-order valence-electron chi connectivity index (χ4n) is 3.36. The van der Waals surface area contributed by atoms with Crippen molar-refractivity contribution in [1.82, 2.24) is 0 Å². The Balaban J connectivity index is 1.96. The van der Waals surface area contributed by atoms with Crippen LogP contribution in [-0.2, 0) is 0 Å². The highest BCUT2D eigenvalue weighted by Crippen LogP contribution is 2.32. The number of amidine groups is 1. The highest BCUT2D eigenvalue weighted by Gasteiger charge is 2.15. The molecule has 0 saturated carbocycles. The van der Waals surface area contributed by atoms with Gasteiger partial charge in [0.05, 0.1) is 11.3 Å². The van der Waals surface area contributed by atoms with Crippen molar-refractivity contribution in [2.75, 3.05) is 0 Å². The van der Waals surface area contributed by atoms with Gasteiger partial charge >= 0.3 is 0 Å². The molecule has 0 radical (unpaired) electrons. The van der Waals surface area contributed by atoms with Crippen LogP contribution in [0.4, 0.5) is 0 Å². The fourth-order valence-corrected chi connectivity index (χ4v) is 3.44. The lowest BCUT2D eigenvalue weighted by Gasteiger charge is -2.07. The molecular formula is C25H21ClN2O. The molecule has 0 saturated heterocycles. The van der Waals surface area contributed by atoms with E-state index in [4.69, 9.17) is 21.0 Å². The average molecular weight is 401 g/mol. The number of rotatable bonds is 4. The van der Waals surface area contributed by atoms with Crippen LogP contribution < -0.4 is 0 Å². The Hall–Kier alpha value is -3.17. The van der Waals surface area contributed by atoms with Crippen molar-refractivity contribution < 1.29 is 4.42 Å². The second-order valence-electron chi connectivity index (χ2n) is 6.69. The minimum atomic E-state index is 0.417. The summed E-state index contributed by atoms with van der Waals surface area (Å²) < 4.78 is 6.18. The molecular weight excluding hydrogens is 380 g/mol.